The number of benzene rings is 5. The van der Waals surface area contributed by atoms with Crippen molar-refractivity contribution in [3.8, 4) is 11.3 Å². The van der Waals surface area contributed by atoms with Gasteiger partial charge in [-0.25, -0.2) is 0 Å². The predicted molar refractivity (Wildman–Crippen MR) is 208 cm³/mol. The first-order chi connectivity index (χ1) is 23.9. The zero-order chi connectivity index (χ0) is 33.6. The number of imidazole rings is 1. The first-order valence-electron chi connectivity index (χ1n) is 17.0. The van der Waals surface area contributed by atoms with Gasteiger partial charge in [0.15, 0.2) is 0 Å². The van der Waals surface area contributed by atoms with Crippen LogP contribution in [0.25, 0.3) is 57.9 Å². The minimum absolute atomic E-state index is 0. The van der Waals surface area contributed by atoms with Gasteiger partial charge in [0.05, 0.1) is 11.3 Å². The molecule has 1 aliphatic heterocycles. The van der Waals surface area contributed by atoms with E-state index in [0.717, 1.165) is 23.3 Å². The molecule has 0 amide bonds. The third-order valence-electron chi connectivity index (χ3n) is 9.40. The van der Waals surface area contributed by atoms with Crippen LogP contribution < -0.4 is 5.01 Å². The fraction of sp³-hybridized carbons (Fsp3) is 0.186. The van der Waals surface area contributed by atoms with Crippen LogP contribution in [0.1, 0.15) is 57.6 Å². The van der Waals surface area contributed by atoms with E-state index in [0.29, 0.717) is 26.3 Å². The molecule has 0 atom stereocenters. The summed E-state index contributed by atoms with van der Waals surface area (Å²) >= 11 is 0.335. The van der Waals surface area contributed by atoms with Crippen molar-refractivity contribution in [1.82, 2.24) is 14.3 Å². The first kappa shape index (κ1) is 34.2. The van der Waals surface area contributed by atoms with E-state index in [-0.39, 0.29) is 20.1 Å². The van der Waals surface area contributed by atoms with Crippen LogP contribution in [0.5, 0.6) is 0 Å². The molecule has 1 aliphatic rings. The molecule has 0 unspecified atom stereocenters. The second-order valence-corrected chi connectivity index (χ2v) is 15.3. The summed E-state index contributed by atoms with van der Waals surface area (Å²) in [5.74, 6) is 0.875. The maximum atomic E-state index is 4.91. The van der Waals surface area contributed by atoms with Crippen molar-refractivity contribution in [1.29, 1.82) is 0 Å². The number of hydrogen-bond acceptors (Lipinski definition) is 4. The van der Waals surface area contributed by atoms with Gasteiger partial charge in [-0.05, 0) is 34.4 Å². The number of nitrogens with zero attached hydrogens (tertiary/aromatic N) is 5. The third kappa shape index (κ3) is 5.87. The Morgan fingerprint density at radius 3 is 2.22 bits per heavy atom. The molecule has 0 radical (unpaired) electrons. The molecule has 4 heterocycles. The normalized spacial score (nSPS) is 12.9. The maximum absolute atomic E-state index is 4.91. The number of anilines is 1. The van der Waals surface area contributed by atoms with E-state index in [2.05, 4.69) is 152 Å². The Bertz CT molecular complexity index is 2480. The summed E-state index contributed by atoms with van der Waals surface area (Å²) in [5.41, 5.74) is 8.50. The van der Waals surface area contributed by atoms with Gasteiger partial charge in [-0.3, -0.25) is 4.98 Å². The molecule has 7 heteroatoms. The molecule has 250 valence electrons. The summed E-state index contributed by atoms with van der Waals surface area (Å²) in [6.07, 6.45) is 3.91. The molecule has 3 aromatic heterocycles. The number of aromatic nitrogens is 2. The fourth-order valence-electron chi connectivity index (χ4n) is 6.99. The zero-order valence-electron chi connectivity index (χ0n) is 28.8. The molecule has 50 heavy (non-hydrogen) atoms. The number of hydrogen-bond donors (Lipinski definition) is 0. The summed E-state index contributed by atoms with van der Waals surface area (Å²) in [5, 5.41) is 12.6. The summed E-state index contributed by atoms with van der Waals surface area (Å²) in [6.45, 7) is 14.2. The molecule has 5 nitrogen and oxygen atoms in total. The van der Waals surface area contributed by atoms with Crippen molar-refractivity contribution >= 4 is 73.1 Å². The summed E-state index contributed by atoms with van der Waals surface area (Å²) in [4.78, 5) is 6.98. The maximum Gasteiger partial charge on any atom is 3.00 e. The van der Waals surface area contributed by atoms with Gasteiger partial charge in [0, 0.05) is 17.3 Å². The average Bonchev–Trinajstić information content (AvgIpc) is 3.89. The smallest absolute Gasteiger partial charge is 3.00 e. The first-order valence-corrected chi connectivity index (χ1v) is 18.7. The Labute approximate surface area is 313 Å². The van der Waals surface area contributed by atoms with Crippen LogP contribution in [0, 0.1) is 18.8 Å². The van der Waals surface area contributed by atoms with Crippen molar-refractivity contribution < 1.29 is 20.1 Å². The third-order valence-corrected chi connectivity index (χ3v) is 11.9. The van der Waals surface area contributed by atoms with Gasteiger partial charge in [-0.1, -0.05) is 69.5 Å². The number of para-hydroxylation sites is 1. The Hall–Kier alpha value is -4.25. The monoisotopic (exact) mass is 897 g/mol. The number of rotatable bonds is 5. The Kier molecular flexibility index (Phi) is 9.69. The standard InChI is InChI=1S/C27H25N2.C16H13N3Se.Ir/c1-17(2)19-13-9-14-20(18(3)4)26(19)25-16-28-27-23-12-6-5-10-21(23)22-11-7-8-15-24(22)29(25)27;1-2-18-10-17-19(11-18)14-8-5-7-13-12-6-3-4-9-15(12)20-16(13)14;/h5-11,13-18H,1-4H3;3-7,9-11H,2H2,1H3;/q-1;-2;+3. The van der Waals surface area contributed by atoms with Gasteiger partial charge in [-0.15, -0.1) is 29.7 Å². The van der Waals surface area contributed by atoms with Crippen molar-refractivity contribution in [3.05, 3.63) is 133 Å². The van der Waals surface area contributed by atoms with E-state index in [1.165, 1.54) is 58.0 Å². The van der Waals surface area contributed by atoms with Gasteiger partial charge in [0.25, 0.3) is 0 Å². The van der Waals surface area contributed by atoms with Gasteiger partial charge >= 0.3 is 144 Å². The van der Waals surface area contributed by atoms with Gasteiger partial charge in [0.1, 0.15) is 0 Å². The molecule has 0 saturated carbocycles. The van der Waals surface area contributed by atoms with Crippen LogP contribution in [-0.2, 0) is 20.1 Å². The minimum Gasteiger partial charge on any atom is 3.00 e. The number of pyridine rings is 1. The van der Waals surface area contributed by atoms with Crippen LogP contribution in [-0.4, -0.2) is 41.7 Å². The molecular formula is C43H38IrN5Se. The van der Waals surface area contributed by atoms with Gasteiger partial charge in [-0.2, -0.15) is 0 Å². The Morgan fingerprint density at radius 2 is 1.48 bits per heavy atom. The summed E-state index contributed by atoms with van der Waals surface area (Å²) in [7, 11) is 0. The molecule has 0 N–H and O–H groups in total. The quantitative estimate of drug-likeness (QED) is 0.0981. The van der Waals surface area contributed by atoms with E-state index in [1.54, 1.807) is 0 Å². The van der Waals surface area contributed by atoms with Crippen molar-refractivity contribution in [2.24, 2.45) is 5.10 Å². The Morgan fingerprint density at radius 1 is 0.760 bits per heavy atom. The molecule has 0 spiro atoms. The second kappa shape index (κ2) is 14.2. The average molecular weight is 896 g/mol. The molecular weight excluding hydrogens is 858 g/mol. The number of fused-ring (bicyclic) bond motifs is 9. The molecule has 0 fully saturated rings. The molecule has 0 saturated heterocycles. The predicted octanol–water partition coefficient (Wildman–Crippen LogP) is 10.4. The van der Waals surface area contributed by atoms with E-state index in [1.807, 2.05) is 30.1 Å². The van der Waals surface area contributed by atoms with E-state index >= 15 is 0 Å². The van der Waals surface area contributed by atoms with Gasteiger partial charge < -0.3 is 4.40 Å². The largest absolute Gasteiger partial charge is 3.00 e. The van der Waals surface area contributed by atoms with Crippen LogP contribution in [0.15, 0.2) is 108 Å². The molecule has 8 aromatic rings. The topological polar surface area (TPSA) is 36.1 Å². The van der Waals surface area contributed by atoms with Crippen molar-refractivity contribution in [2.45, 2.75) is 46.5 Å². The van der Waals surface area contributed by atoms with Crippen LogP contribution in [0.3, 0.4) is 0 Å². The summed E-state index contributed by atoms with van der Waals surface area (Å²) < 4.78 is 5.17. The van der Waals surface area contributed by atoms with Crippen molar-refractivity contribution in [3.63, 3.8) is 0 Å². The summed E-state index contributed by atoms with van der Waals surface area (Å²) in [6, 6.07) is 41.2. The zero-order valence-corrected chi connectivity index (χ0v) is 32.9. The van der Waals surface area contributed by atoms with E-state index < -0.39 is 0 Å². The SMILES string of the molecule is CC(C)c1cccc(C(C)C)c1-c1cnc2c3[c-]cccc3c3ccccc3n12.CCN1C=NN(c2[c-]ccc3c2[se]c2ccccc23)[CH-]1.[Ir+3]. The van der Waals surface area contributed by atoms with E-state index in [4.69, 9.17) is 4.98 Å². The minimum atomic E-state index is 0. The fourth-order valence-corrected chi connectivity index (χ4v) is 9.49. The van der Waals surface area contributed by atoms with E-state index in [9.17, 15) is 0 Å². The molecule has 0 bridgehead atoms. The molecule has 5 aromatic carbocycles. The van der Waals surface area contributed by atoms with Crippen molar-refractivity contribution in [2.75, 3.05) is 11.6 Å². The Balaban J connectivity index is 0.000000164. The second-order valence-electron chi connectivity index (χ2n) is 13.1. The van der Waals surface area contributed by atoms with Crippen LogP contribution in [0.2, 0.25) is 0 Å². The number of hydrazone groups is 1. The van der Waals surface area contributed by atoms with Crippen LogP contribution >= 0.6 is 0 Å². The van der Waals surface area contributed by atoms with Gasteiger partial charge in [0.2, 0.25) is 0 Å². The van der Waals surface area contributed by atoms with Crippen LogP contribution in [0.4, 0.5) is 5.69 Å². The molecule has 9 rings (SSSR count). The molecule has 0 aliphatic carbocycles.